The topological polar surface area (TPSA) is 20.2 Å². The molecule has 0 bridgehead atoms. The molecule has 1 N–H and O–H groups in total. The van der Waals surface area contributed by atoms with Crippen molar-refractivity contribution in [1.82, 2.24) is 0 Å². The Morgan fingerprint density at radius 1 is 1.15 bits per heavy atom. The van der Waals surface area contributed by atoms with Gasteiger partial charge in [-0.25, -0.2) is 4.39 Å². The predicted octanol–water partition coefficient (Wildman–Crippen LogP) is 3.45. The second kappa shape index (κ2) is 3.00. The molecule has 2 rings (SSSR count). The van der Waals surface area contributed by atoms with Gasteiger partial charge >= 0.3 is 0 Å². The molecule has 1 nitrogen and oxygen atoms in total. The molecule has 0 atom stereocenters. The van der Waals surface area contributed by atoms with Crippen LogP contribution in [0.3, 0.4) is 0 Å². The zero-order valence-electron chi connectivity index (χ0n) is 6.59. The number of hydrogen-bond acceptors (Lipinski definition) is 1. The van der Waals surface area contributed by atoms with Gasteiger partial charge in [-0.15, -0.1) is 0 Å². The standard InChI is InChI=1S/C10H6BrFO/c11-7-2-3-8-6(5-7)1-4-9(12)10(8)13/h1-5,13H. The van der Waals surface area contributed by atoms with Crippen LogP contribution in [-0.2, 0) is 0 Å². The van der Waals surface area contributed by atoms with Gasteiger partial charge in [-0.3, -0.25) is 0 Å². The highest BCUT2D eigenvalue weighted by molar-refractivity contribution is 9.10. The van der Waals surface area contributed by atoms with Crippen molar-refractivity contribution in [2.75, 3.05) is 0 Å². The molecule has 0 fully saturated rings. The Kier molecular flexibility index (Phi) is 1.96. The molecule has 0 aliphatic rings. The number of halogens is 2. The largest absolute Gasteiger partial charge is 0.504 e. The minimum absolute atomic E-state index is 0.287. The van der Waals surface area contributed by atoms with Crippen LogP contribution in [-0.4, -0.2) is 5.11 Å². The Balaban J connectivity index is 2.87. The van der Waals surface area contributed by atoms with Gasteiger partial charge in [0.1, 0.15) is 0 Å². The van der Waals surface area contributed by atoms with E-state index in [0.29, 0.717) is 5.39 Å². The Labute approximate surface area is 82.9 Å². The second-order valence-corrected chi connectivity index (χ2v) is 3.68. The Hall–Kier alpha value is -1.09. The van der Waals surface area contributed by atoms with Gasteiger partial charge in [0.05, 0.1) is 0 Å². The fourth-order valence-corrected chi connectivity index (χ4v) is 1.64. The Morgan fingerprint density at radius 2 is 1.92 bits per heavy atom. The summed E-state index contributed by atoms with van der Waals surface area (Å²) in [6.07, 6.45) is 0. The van der Waals surface area contributed by atoms with Crippen LogP contribution in [0.2, 0.25) is 0 Å². The number of phenolic OH excluding ortho intramolecular Hbond substituents is 1. The highest BCUT2D eigenvalue weighted by Crippen LogP contribution is 2.29. The quantitative estimate of drug-likeness (QED) is 0.748. The lowest BCUT2D eigenvalue weighted by Gasteiger charge is -2.01. The normalized spacial score (nSPS) is 10.6. The average Bonchev–Trinajstić information content (AvgIpc) is 2.12. The predicted molar refractivity (Wildman–Crippen MR) is 53.3 cm³/mol. The molecule has 2 aromatic carbocycles. The van der Waals surface area contributed by atoms with Gasteiger partial charge in [-0.1, -0.05) is 22.0 Å². The first-order valence-corrected chi connectivity index (χ1v) is 4.54. The summed E-state index contributed by atoms with van der Waals surface area (Å²) in [5.41, 5.74) is 0. The summed E-state index contributed by atoms with van der Waals surface area (Å²) < 4.78 is 13.8. The Bertz CT molecular complexity index is 468. The van der Waals surface area contributed by atoms with Crippen molar-refractivity contribution in [2.24, 2.45) is 0 Å². The highest BCUT2D eigenvalue weighted by atomic mass is 79.9. The van der Waals surface area contributed by atoms with Crippen LogP contribution in [0.5, 0.6) is 5.75 Å². The number of phenols is 1. The van der Waals surface area contributed by atoms with Gasteiger partial charge in [0.2, 0.25) is 0 Å². The summed E-state index contributed by atoms with van der Waals surface area (Å²) in [7, 11) is 0. The van der Waals surface area contributed by atoms with E-state index in [1.807, 2.05) is 6.07 Å². The summed E-state index contributed by atoms with van der Waals surface area (Å²) in [4.78, 5) is 0. The van der Waals surface area contributed by atoms with E-state index in [-0.39, 0.29) is 5.75 Å². The zero-order valence-corrected chi connectivity index (χ0v) is 8.18. The molecule has 0 saturated heterocycles. The van der Waals surface area contributed by atoms with Crippen LogP contribution in [0.25, 0.3) is 10.8 Å². The third kappa shape index (κ3) is 1.40. The number of fused-ring (bicyclic) bond motifs is 1. The maximum Gasteiger partial charge on any atom is 0.165 e. The molecule has 0 aliphatic carbocycles. The molecule has 0 aromatic heterocycles. The third-order valence-electron chi connectivity index (χ3n) is 1.90. The van der Waals surface area contributed by atoms with E-state index in [9.17, 15) is 9.50 Å². The van der Waals surface area contributed by atoms with E-state index in [4.69, 9.17) is 0 Å². The molecule has 0 spiro atoms. The summed E-state index contributed by atoms with van der Waals surface area (Å²) >= 11 is 3.30. The van der Waals surface area contributed by atoms with Gasteiger partial charge in [0.15, 0.2) is 11.6 Å². The first-order valence-electron chi connectivity index (χ1n) is 3.75. The summed E-state index contributed by atoms with van der Waals surface area (Å²) in [6, 6.07) is 8.16. The van der Waals surface area contributed by atoms with Crippen molar-refractivity contribution in [2.45, 2.75) is 0 Å². The first-order chi connectivity index (χ1) is 6.18. The van der Waals surface area contributed by atoms with Crippen molar-refractivity contribution >= 4 is 26.7 Å². The van der Waals surface area contributed by atoms with Crippen LogP contribution >= 0.6 is 15.9 Å². The smallest absolute Gasteiger partial charge is 0.165 e. The van der Waals surface area contributed by atoms with Crippen LogP contribution in [0.4, 0.5) is 4.39 Å². The van der Waals surface area contributed by atoms with E-state index in [2.05, 4.69) is 15.9 Å². The molecule has 2 aromatic rings. The van der Waals surface area contributed by atoms with E-state index in [1.165, 1.54) is 6.07 Å². The second-order valence-electron chi connectivity index (χ2n) is 2.76. The SMILES string of the molecule is Oc1c(F)ccc2cc(Br)ccc12. The summed E-state index contributed by atoms with van der Waals surface area (Å²) in [5.74, 6) is -0.875. The lowest BCUT2D eigenvalue weighted by atomic mass is 10.1. The average molecular weight is 241 g/mol. The van der Waals surface area contributed by atoms with E-state index in [1.54, 1.807) is 18.2 Å². The molecule has 0 heterocycles. The molecule has 66 valence electrons. The van der Waals surface area contributed by atoms with Crippen LogP contribution < -0.4 is 0 Å². The third-order valence-corrected chi connectivity index (χ3v) is 2.40. The van der Waals surface area contributed by atoms with Gasteiger partial charge in [-0.2, -0.15) is 0 Å². The van der Waals surface area contributed by atoms with Crippen LogP contribution in [0.1, 0.15) is 0 Å². The molecule has 0 aliphatic heterocycles. The number of rotatable bonds is 0. The number of benzene rings is 2. The maximum atomic E-state index is 12.9. The molecule has 3 heteroatoms. The zero-order chi connectivity index (χ0) is 9.42. The lowest BCUT2D eigenvalue weighted by Crippen LogP contribution is -1.79. The minimum Gasteiger partial charge on any atom is -0.504 e. The minimum atomic E-state index is -0.588. The van der Waals surface area contributed by atoms with Gasteiger partial charge in [0, 0.05) is 9.86 Å². The molecule has 13 heavy (non-hydrogen) atoms. The molecule has 0 unspecified atom stereocenters. The number of aromatic hydroxyl groups is 1. The van der Waals surface area contributed by atoms with E-state index >= 15 is 0 Å². The summed E-state index contributed by atoms with van der Waals surface area (Å²) in [6.45, 7) is 0. The molecular weight excluding hydrogens is 235 g/mol. The molecule has 0 saturated carbocycles. The highest BCUT2D eigenvalue weighted by Gasteiger charge is 2.04. The fourth-order valence-electron chi connectivity index (χ4n) is 1.26. The number of hydrogen-bond donors (Lipinski definition) is 1. The van der Waals surface area contributed by atoms with Crippen molar-refractivity contribution < 1.29 is 9.50 Å². The van der Waals surface area contributed by atoms with Crippen molar-refractivity contribution in [3.05, 3.63) is 40.6 Å². The molecular formula is C10H6BrFO. The monoisotopic (exact) mass is 240 g/mol. The van der Waals surface area contributed by atoms with Crippen LogP contribution in [0, 0.1) is 5.82 Å². The first kappa shape index (κ1) is 8.51. The van der Waals surface area contributed by atoms with Crippen molar-refractivity contribution in [1.29, 1.82) is 0 Å². The van der Waals surface area contributed by atoms with E-state index < -0.39 is 5.82 Å². The van der Waals surface area contributed by atoms with Crippen LogP contribution in [0.15, 0.2) is 34.8 Å². The molecule has 0 radical (unpaired) electrons. The molecule has 0 amide bonds. The van der Waals surface area contributed by atoms with Gasteiger partial charge in [0.25, 0.3) is 0 Å². The summed E-state index contributed by atoms with van der Waals surface area (Å²) in [5, 5.41) is 10.7. The maximum absolute atomic E-state index is 12.9. The fraction of sp³-hybridized carbons (Fsp3) is 0. The lowest BCUT2D eigenvalue weighted by molar-refractivity contribution is 0.439. The van der Waals surface area contributed by atoms with Gasteiger partial charge in [-0.05, 0) is 29.7 Å². The van der Waals surface area contributed by atoms with Gasteiger partial charge < -0.3 is 5.11 Å². The van der Waals surface area contributed by atoms with Crippen molar-refractivity contribution in [3.63, 3.8) is 0 Å². The van der Waals surface area contributed by atoms with Crippen molar-refractivity contribution in [3.8, 4) is 5.75 Å². The Morgan fingerprint density at radius 3 is 2.69 bits per heavy atom. The van der Waals surface area contributed by atoms with E-state index in [0.717, 1.165) is 9.86 Å².